The molecule has 1 aliphatic rings. The zero-order valence-corrected chi connectivity index (χ0v) is 12.2. The van der Waals surface area contributed by atoms with Crippen LogP contribution in [0.15, 0.2) is 0 Å². The van der Waals surface area contributed by atoms with Gasteiger partial charge < -0.3 is 14.6 Å². The summed E-state index contributed by atoms with van der Waals surface area (Å²) in [7, 11) is 0. The van der Waals surface area contributed by atoms with Crippen molar-refractivity contribution < 1.29 is 14.6 Å². The third-order valence-electron chi connectivity index (χ3n) is 3.97. The van der Waals surface area contributed by atoms with Crippen LogP contribution in [0.4, 0.5) is 0 Å². The molecule has 0 spiro atoms. The second kappa shape index (κ2) is 8.89. The summed E-state index contributed by atoms with van der Waals surface area (Å²) >= 11 is 0. The quantitative estimate of drug-likeness (QED) is 0.680. The van der Waals surface area contributed by atoms with Crippen molar-refractivity contribution in [1.82, 2.24) is 0 Å². The molecule has 18 heavy (non-hydrogen) atoms. The number of hydrogen-bond donors (Lipinski definition) is 1. The standard InChI is InChI=1S/C15H30O3/c1-12(2)14-6-5-13(3)11-15(14)18-10-9-17-8-4-7-16/h12-16H,4-11H2,1-3H3. The van der Waals surface area contributed by atoms with Gasteiger partial charge in [0.1, 0.15) is 0 Å². The van der Waals surface area contributed by atoms with Crippen LogP contribution in [-0.2, 0) is 9.47 Å². The summed E-state index contributed by atoms with van der Waals surface area (Å²) in [5.41, 5.74) is 0. The molecular weight excluding hydrogens is 228 g/mol. The number of hydrogen-bond acceptors (Lipinski definition) is 3. The molecule has 3 unspecified atom stereocenters. The average molecular weight is 258 g/mol. The first kappa shape index (κ1) is 15.9. The normalized spacial score (nSPS) is 28.8. The van der Waals surface area contributed by atoms with Crippen LogP contribution >= 0.6 is 0 Å². The van der Waals surface area contributed by atoms with Gasteiger partial charge in [-0.05, 0) is 37.0 Å². The topological polar surface area (TPSA) is 38.7 Å². The number of aliphatic hydroxyl groups is 1. The molecule has 0 aromatic rings. The first-order valence-corrected chi connectivity index (χ1v) is 7.45. The van der Waals surface area contributed by atoms with Crippen molar-refractivity contribution >= 4 is 0 Å². The molecule has 0 aliphatic heterocycles. The third-order valence-corrected chi connectivity index (χ3v) is 3.97. The Morgan fingerprint density at radius 1 is 1.17 bits per heavy atom. The summed E-state index contributed by atoms with van der Waals surface area (Å²) in [6, 6.07) is 0. The predicted octanol–water partition coefficient (Wildman–Crippen LogP) is 2.86. The molecule has 1 rings (SSSR count). The Kier molecular flexibility index (Phi) is 7.87. The Balaban J connectivity index is 2.20. The van der Waals surface area contributed by atoms with Crippen molar-refractivity contribution in [2.75, 3.05) is 26.4 Å². The lowest BCUT2D eigenvalue weighted by molar-refractivity contribution is -0.0587. The van der Waals surface area contributed by atoms with Gasteiger partial charge in [0.2, 0.25) is 0 Å². The lowest BCUT2D eigenvalue weighted by Crippen LogP contribution is -2.35. The minimum Gasteiger partial charge on any atom is -0.396 e. The summed E-state index contributed by atoms with van der Waals surface area (Å²) in [6.07, 6.45) is 4.97. The maximum absolute atomic E-state index is 8.64. The monoisotopic (exact) mass is 258 g/mol. The molecule has 1 fully saturated rings. The number of aliphatic hydroxyl groups excluding tert-OH is 1. The molecule has 0 heterocycles. The van der Waals surface area contributed by atoms with Gasteiger partial charge in [-0.1, -0.05) is 27.2 Å². The molecule has 0 radical (unpaired) electrons. The van der Waals surface area contributed by atoms with E-state index in [-0.39, 0.29) is 6.61 Å². The van der Waals surface area contributed by atoms with Gasteiger partial charge >= 0.3 is 0 Å². The van der Waals surface area contributed by atoms with E-state index in [1.165, 1.54) is 19.3 Å². The highest BCUT2D eigenvalue weighted by molar-refractivity contribution is 4.81. The van der Waals surface area contributed by atoms with Crippen LogP contribution in [0.2, 0.25) is 0 Å². The molecule has 0 amide bonds. The Morgan fingerprint density at radius 2 is 1.94 bits per heavy atom. The molecule has 0 bridgehead atoms. The molecule has 0 saturated heterocycles. The average Bonchev–Trinajstić information content (AvgIpc) is 2.33. The van der Waals surface area contributed by atoms with Gasteiger partial charge in [-0.25, -0.2) is 0 Å². The second-order valence-corrected chi connectivity index (χ2v) is 5.92. The molecular formula is C15H30O3. The van der Waals surface area contributed by atoms with Crippen molar-refractivity contribution in [3.63, 3.8) is 0 Å². The second-order valence-electron chi connectivity index (χ2n) is 5.92. The summed E-state index contributed by atoms with van der Waals surface area (Å²) in [5, 5.41) is 8.64. The fourth-order valence-electron chi connectivity index (χ4n) is 2.83. The fraction of sp³-hybridized carbons (Fsp3) is 1.00. The van der Waals surface area contributed by atoms with Gasteiger partial charge in [-0.3, -0.25) is 0 Å². The lowest BCUT2D eigenvalue weighted by Gasteiger charge is -2.37. The zero-order valence-electron chi connectivity index (χ0n) is 12.2. The molecule has 0 aromatic heterocycles. The van der Waals surface area contributed by atoms with Crippen LogP contribution in [0.25, 0.3) is 0 Å². The fourth-order valence-corrected chi connectivity index (χ4v) is 2.83. The number of rotatable bonds is 8. The molecule has 1 N–H and O–H groups in total. The molecule has 1 aliphatic carbocycles. The highest BCUT2D eigenvalue weighted by atomic mass is 16.5. The Hall–Kier alpha value is -0.120. The van der Waals surface area contributed by atoms with E-state index in [2.05, 4.69) is 20.8 Å². The third kappa shape index (κ3) is 5.68. The van der Waals surface area contributed by atoms with Gasteiger partial charge in [0.15, 0.2) is 0 Å². The largest absolute Gasteiger partial charge is 0.396 e. The maximum atomic E-state index is 8.64. The smallest absolute Gasteiger partial charge is 0.0704 e. The molecule has 1 saturated carbocycles. The predicted molar refractivity (Wildman–Crippen MR) is 73.6 cm³/mol. The summed E-state index contributed by atoms with van der Waals surface area (Å²) in [4.78, 5) is 0. The van der Waals surface area contributed by atoms with Crippen LogP contribution in [0, 0.1) is 17.8 Å². The first-order chi connectivity index (χ1) is 8.65. The maximum Gasteiger partial charge on any atom is 0.0704 e. The van der Waals surface area contributed by atoms with E-state index < -0.39 is 0 Å². The number of ether oxygens (including phenoxy) is 2. The Morgan fingerprint density at radius 3 is 2.61 bits per heavy atom. The highest BCUT2D eigenvalue weighted by Gasteiger charge is 2.31. The van der Waals surface area contributed by atoms with E-state index >= 15 is 0 Å². The van der Waals surface area contributed by atoms with Gasteiger partial charge in [0, 0.05) is 13.2 Å². The first-order valence-electron chi connectivity index (χ1n) is 7.45. The molecule has 3 nitrogen and oxygen atoms in total. The van der Waals surface area contributed by atoms with E-state index in [4.69, 9.17) is 14.6 Å². The van der Waals surface area contributed by atoms with E-state index in [9.17, 15) is 0 Å². The lowest BCUT2D eigenvalue weighted by atomic mass is 9.75. The molecule has 108 valence electrons. The Bertz CT molecular complexity index is 206. The summed E-state index contributed by atoms with van der Waals surface area (Å²) < 4.78 is 11.4. The van der Waals surface area contributed by atoms with Crippen LogP contribution in [0.5, 0.6) is 0 Å². The van der Waals surface area contributed by atoms with Crippen LogP contribution in [0.3, 0.4) is 0 Å². The van der Waals surface area contributed by atoms with Gasteiger partial charge in [0.25, 0.3) is 0 Å². The van der Waals surface area contributed by atoms with Crippen molar-refractivity contribution in [2.24, 2.45) is 17.8 Å². The summed E-state index contributed by atoms with van der Waals surface area (Å²) in [5.74, 6) is 2.21. The van der Waals surface area contributed by atoms with Crippen molar-refractivity contribution in [2.45, 2.75) is 52.6 Å². The zero-order chi connectivity index (χ0) is 13.4. The minimum atomic E-state index is 0.205. The van der Waals surface area contributed by atoms with Crippen LogP contribution in [0.1, 0.15) is 46.5 Å². The van der Waals surface area contributed by atoms with Crippen LogP contribution in [-0.4, -0.2) is 37.6 Å². The van der Waals surface area contributed by atoms with Crippen LogP contribution < -0.4 is 0 Å². The van der Waals surface area contributed by atoms with Crippen molar-refractivity contribution in [3.8, 4) is 0 Å². The van der Waals surface area contributed by atoms with E-state index in [1.807, 2.05) is 0 Å². The molecule has 3 atom stereocenters. The molecule has 0 aromatic carbocycles. The summed E-state index contributed by atoms with van der Waals surface area (Å²) in [6.45, 7) is 9.10. The van der Waals surface area contributed by atoms with E-state index in [0.717, 1.165) is 12.3 Å². The van der Waals surface area contributed by atoms with Crippen molar-refractivity contribution in [1.29, 1.82) is 0 Å². The minimum absolute atomic E-state index is 0.205. The van der Waals surface area contributed by atoms with Gasteiger partial charge in [-0.2, -0.15) is 0 Å². The SMILES string of the molecule is CC1CCC(C(C)C)C(OCCOCCCO)C1. The van der Waals surface area contributed by atoms with E-state index in [1.54, 1.807) is 0 Å². The molecule has 3 heteroatoms. The highest BCUT2D eigenvalue weighted by Crippen LogP contribution is 2.35. The van der Waals surface area contributed by atoms with Gasteiger partial charge in [0.05, 0.1) is 19.3 Å². The van der Waals surface area contributed by atoms with Crippen molar-refractivity contribution in [3.05, 3.63) is 0 Å². The van der Waals surface area contributed by atoms with E-state index in [0.29, 0.717) is 37.8 Å². The Labute approximate surface area is 112 Å². The van der Waals surface area contributed by atoms with Gasteiger partial charge in [-0.15, -0.1) is 0 Å².